The molecule has 0 unspecified atom stereocenters. The third kappa shape index (κ3) is 12.4. The van der Waals surface area contributed by atoms with Crippen LogP contribution >= 0.6 is 31.1 Å². The second-order valence-corrected chi connectivity index (χ2v) is 22.3. The molecule has 0 saturated carbocycles. The number of benzene rings is 2. The van der Waals surface area contributed by atoms with Gasteiger partial charge >= 0.3 is 13.3 Å². The van der Waals surface area contributed by atoms with Crippen molar-refractivity contribution < 1.29 is 46.4 Å². The van der Waals surface area contributed by atoms with E-state index in [0.29, 0.717) is 43.1 Å². The molecule has 0 radical (unpaired) electrons. The Balaban J connectivity index is 1.17. The highest BCUT2D eigenvalue weighted by molar-refractivity contribution is 8.13. The second kappa shape index (κ2) is 22.6. The van der Waals surface area contributed by atoms with Crippen LogP contribution in [0.25, 0.3) is 15.6 Å². The third-order valence-corrected chi connectivity index (χ3v) is 15.8. The number of nitrogens with one attached hydrogen (secondary N) is 2. The van der Waals surface area contributed by atoms with Crippen molar-refractivity contribution in [1.29, 1.82) is 0 Å². The fraction of sp³-hybridized carbons (Fsp3) is 0.553. The monoisotopic (exact) mass is 969 g/mol. The standard InChI is InChI=1S/C47H58F2N5O9PS2/c1-29(2)22-42(56)65-20-18-62-64(61,63-19-21-66-43(57)23-30(3)4)47(48,49)35-13-12-31-10-11-33(24-34(31)25-35)44(58)52-38-9-7-6-8-36-14-15-40(54(36)45(38)59)46(60)53-27-37(39(28-53)50-5)32-16-17-51-41(55)26-32/h10-13,16-17,24-26,29-30,36-40H,6-9,14-15,18-23,27-28H2,1-4H3,(H,51,55)(H,52,58)/t36-,37+,38-,39-,40-/m0/s1. The molecule has 0 bridgehead atoms. The van der Waals surface area contributed by atoms with Gasteiger partial charge in [0.25, 0.3) is 5.91 Å². The molecule has 4 heterocycles. The number of carbonyl (C=O) groups excluding carboxylic acids is 5. The molecule has 1 aromatic heterocycles. The number of aromatic amines is 1. The van der Waals surface area contributed by atoms with Gasteiger partial charge in [0.1, 0.15) is 12.1 Å². The van der Waals surface area contributed by atoms with E-state index in [9.17, 15) is 33.3 Å². The molecule has 14 nitrogen and oxygen atoms in total. The van der Waals surface area contributed by atoms with Gasteiger partial charge in [-0.05, 0) is 78.1 Å². The Hall–Kier alpha value is -4.40. The van der Waals surface area contributed by atoms with Gasteiger partial charge in [-0.1, -0.05) is 82.3 Å². The average molecular weight is 970 g/mol. The Bertz CT molecular complexity index is 2400. The largest absolute Gasteiger partial charge is 0.404 e. The molecule has 66 heavy (non-hydrogen) atoms. The normalized spacial score (nSPS) is 21.4. The summed E-state index contributed by atoms with van der Waals surface area (Å²) in [6, 6.07) is 8.75. The summed E-state index contributed by atoms with van der Waals surface area (Å²) in [5.41, 5.74) is -4.43. The number of likely N-dealkylation sites (tertiary alicyclic amines) is 1. The molecule has 19 heteroatoms. The van der Waals surface area contributed by atoms with Crippen molar-refractivity contribution in [2.75, 3.05) is 37.8 Å². The van der Waals surface area contributed by atoms with E-state index in [1.165, 1.54) is 30.5 Å². The summed E-state index contributed by atoms with van der Waals surface area (Å²) in [7, 11) is -5.28. The van der Waals surface area contributed by atoms with E-state index in [2.05, 4.69) is 15.1 Å². The van der Waals surface area contributed by atoms with Crippen molar-refractivity contribution in [3.8, 4) is 0 Å². The van der Waals surface area contributed by atoms with Gasteiger partial charge in [-0.3, -0.25) is 33.3 Å². The summed E-state index contributed by atoms with van der Waals surface area (Å²) in [5, 5.41) is 3.26. The van der Waals surface area contributed by atoms with Gasteiger partial charge < -0.3 is 34.0 Å². The van der Waals surface area contributed by atoms with Gasteiger partial charge in [-0.25, -0.2) is 6.57 Å². The molecule has 3 amide bonds. The Labute approximate surface area is 392 Å². The first-order valence-electron chi connectivity index (χ1n) is 22.5. The number of amides is 3. The molecule has 3 aromatic rings. The number of thioether (sulfide) groups is 2. The minimum Gasteiger partial charge on any atom is -0.340 e. The minimum absolute atomic E-state index is 0.0346. The third-order valence-electron chi connectivity index (χ3n) is 12.1. The maximum atomic E-state index is 16.5. The smallest absolute Gasteiger partial charge is 0.340 e. The van der Waals surface area contributed by atoms with Crippen molar-refractivity contribution in [3.05, 3.63) is 93.2 Å². The van der Waals surface area contributed by atoms with Gasteiger partial charge in [0, 0.05) is 60.3 Å². The van der Waals surface area contributed by atoms with Gasteiger partial charge in [-0.15, -0.1) is 0 Å². The van der Waals surface area contributed by atoms with Crippen LogP contribution in [0, 0.1) is 18.4 Å². The highest BCUT2D eigenvalue weighted by atomic mass is 32.2. The highest BCUT2D eigenvalue weighted by Gasteiger charge is 2.55. The van der Waals surface area contributed by atoms with Crippen LogP contribution in [0.5, 0.6) is 0 Å². The van der Waals surface area contributed by atoms with E-state index in [-0.39, 0.29) is 99.8 Å². The van der Waals surface area contributed by atoms with Crippen LogP contribution in [0.15, 0.2) is 59.5 Å². The fourth-order valence-electron chi connectivity index (χ4n) is 8.82. The number of rotatable bonds is 18. The number of aromatic nitrogens is 1. The lowest BCUT2D eigenvalue weighted by atomic mass is 9.96. The van der Waals surface area contributed by atoms with Crippen LogP contribution < -0.4 is 10.9 Å². The number of hydrogen-bond donors (Lipinski definition) is 2. The summed E-state index contributed by atoms with van der Waals surface area (Å²) < 4.78 is 57.9. The van der Waals surface area contributed by atoms with Crippen molar-refractivity contribution >= 4 is 69.8 Å². The fourth-order valence-corrected chi connectivity index (χ4v) is 12.3. The summed E-state index contributed by atoms with van der Waals surface area (Å²) in [5.74, 6) is -1.53. The van der Waals surface area contributed by atoms with Crippen LogP contribution in [0.1, 0.15) is 106 Å². The van der Waals surface area contributed by atoms with Crippen LogP contribution in [0.3, 0.4) is 0 Å². The Morgan fingerprint density at radius 1 is 0.879 bits per heavy atom. The molecule has 2 aromatic carbocycles. The molecule has 0 aliphatic carbocycles. The lowest BCUT2D eigenvalue weighted by molar-refractivity contribution is -0.146. The molecule has 3 aliphatic heterocycles. The first-order valence-corrected chi connectivity index (χ1v) is 26.0. The van der Waals surface area contributed by atoms with Gasteiger partial charge in [-0.2, -0.15) is 8.78 Å². The lowest BCUT2D eigenvalue weighted by Gasteiger charge is -2.36. The number of fused-ring (bicyclic) bond motifs is 2. The second-order valence-electron chi connectivity index (χ2n) is 18.0. The van der Waals surface area contributed by atoms with E-state index in [0.717, 1.165) is 42.1 Å². The number of nitrogens with zero attached hydrogens (tertiary/aromatic N) is 3. The topological polar surface area (TPSA) is 177 Å². The maximum absolute atomic E-state index is 16.5. The van der Waals surface area contributed by atoms with E-state index >= 15 is 8.78 Å². The van der Waals surface area contributed by atoms with Gasteiger partial charge in [0.2, 0.25) is 23.4 Å². The molecule has 0 spiro atoms. The Morgan fingerprint density at radius 2 is 1.53 bits per heavy atom. The van der Waals surface area contributed by atoms with E-state index in [4.69, 9.17) is 15.6 Å². The molecular weight excluding hydrogens is 912 g/mol. The molecule has 356 valence electrons. The number of pyridine rings is 1. The predicted molar refractivity (Wildman–Crippen MR) is 251 cm³/mol. The average Bonchev–Trinajstić information content (AvgIpc) is 3.90. The van der Waals surface area contributed by atoms with Gasteiger partial charge in [0.15, 0.2) is 10.2 Å². The zero-order chi connectivity index (χ0) is 47.8. The quantitative estimate of drug-likeness (QED) is 0.0712. The first kappa shape index (κ1) is 51.0. The summed E-state index contributed by atoms with van der Waals surface area (Å²) in [4.78, 5) is 88.6. The number of alkyl halides is 2. The molecular formula is C47H58F2N5O9PS2. The van der Waals surface area contributed by atoms with Crippen molar-refractivity contribution in [2.24, 2.45) is 11.8 Å². The zero-order valence-corrected chi connectivity index (χ0v) is 40.2. The summed E-state index contributed by atoms with van der Waals surface area (Å²) in [6.45, 7) is 14.8. The summed E-state index contributed by atoms with van der Waals surface area (Å²) in [6.07, 6.45) is 5.54. The van der Waals surface area contributed by atoms with Crippen LogP contribution in [0.4, 0.5) is 8.78 Å². The van der Waals surface area contributed by atoms with Crippen molar-refractivity contribution in [3.63, 3.8) is 0 Å². The number of carbonyl (C=O) groups is 5. The molecule has 5 atom stereocenters. The van der Waals surface area contributed by atoms with E-state index < -0.39 is 56.1 Å². The van der Waals surface area contributed by atoms with Crippen LogP contribution in [-0.4, -0.2) is 105 Å². The molecule has 3 aliphatic rings. The Kier molecular flexibility index (Phi) is 17.5. The van der Waals surface area contributed by atoms with Crippen LogP contribution in [0.2, 0.25) is 0 Å². The Morgan fingerprint density at radius 3 is 2.17 bits per heavy atom. The number of hydrogen-bond acceptors (Lipinski definition) is 11. The van der Waals surface area contributed by atoms with Crippen molar-refractivity contribution in [2.45, 2.75) is 115 Å². The predicted octanol–water partition coefficient (Wildman–Crippen LogP) is 8.36. The number of H-pyrrole nitrogens is 1. The zero-order valence-electron chi connectivity index (χ0n) is 37.7. The van der Waals surface area contributed by atoms with E-state index in [1.807, 2.05) is 27.7 Å². The first-order chi connectivity index (χ1) is 31.4. The van der Waals surface area contributed by atoms with Crippen LogP contribution in [-0.2, 0) is 38.5 Å². The maximum Gasteiger partial charge on any atom is 0.404 e. The molecule has 3 saturated heterocycles. The molecule has 6 rings (SSSR count). The van der Waals surface area contributed by atoms with Gasteiger partial charge in [0.05, 0.1) is 25.7 Å². The molecule has 2 N–H and O–H groups in total. The van der Waals surface area contributed by atoms with Crippen molar-refractivity contribution in [1.82, 2.24) is 20.1 Å². The number of halogens is 2. The lowest BCUT2D eigenvalue weighted by Crippen LogP contribution is -2.56. The minimum atomic E-state index is -5.28. The molecule has 3 fully saturated rings. The SMILES string of the molecule is [C-]#[N+][C@H]1CN(C(=O)[C@@H]2CC[C@@H]3CCCC[C@H](NC(=O)c4ccc5ccc(C(F)(F)P(=O)(OCCSC(=O)CC(C)C)OCCSC(=O)CC(C)C)cc5c4)C(=O)N32)C[C@@H]1c1cc[nH]c(=O)c1. The summed E-state index contributed by atoms with van der Waals surface area (Å²) >= 11 is 1.78. The van der Waals surface area contributed by atoms with E-state index in [1.54, 1.807) is 21.9 Å². The highest BCUT2D eigenvalue weighted by Crippen LogP contribution is 2.67.